The predicted octanol–water partition coefficient (Wildman–Crippen LogP) is 3.24. The van der Waals surface area contributed by atoms with Crippen LogP contribution in [0.3, 0.4) is 0 Å². The van der Waals surface area contributed by atoms with Crippen molar-refractivity contribution in [3.8, 4) is 0 Å². The molecule has 24 heavy (non-hydrogen) atoms. The van der Waals surface area contributed by atoms with Gasteiger partial charge in [-0.05, 0) is 66.0 Å². The zero-order valence-electron chi connectivity index (χ0n) is 16.2. The van der Waals surface area contributed by atoms with Gasteiger partial charge in [-0.2, -0.15) is 0 Å². The summed E-state index contributed by atoms with van der Waals surface area (Å²) in [6, 6.07) is 0. The molecule has 2 N–H and O–H groups in total. The molecule has 1 heterocycles. The van der Waals surface area contributed by atoms with Crippen LogP contribution in [0, 0.1) is 0 Å². The number of methoxy groups -OCH3 is 1. The van der Waals surface area contributed by atoms with Crippen LogP contribution in [0.25, 0.3) is 0 Å². The van der Waals surface area contributed by atoms with Crippen molar-refractivity contribution in [3.05, 3.63) is 0 Å². The molecule has 5 nitrogen and oxygen atoms in total. The summed E-state index contributed by atoms with van der Waals surface area (Å²) in [6.45, 7) is 12.7. The van der Waals surface area contributed by atoms with Crippen molar-refractivity contribution >= 4 is 29.9 Å². The first-order valence-electron chi connectivity index (χ1n) is 9.36. The maximum absolute atomic E-state index is 5.08. The number of hydrogen-bond donors (Lipinski definition) is 2. The number of piperidine rings is 1. The van der Waals surface area contributed by atoms with Gasteiger partial charge in [0.1, 0.15) is 0 Å². The van der Waals surface area contributed by atoms with Crippen LogP contribution in [0.15, 0.2) is 4.99 Å². The molecule has 0 saturated carbocycles. The molecule has 0 aromatic heterocycles. The number of hydrogen-bond acceptors (Lipinski definition) is 3. The van der Waals surface area contributed by atoms with E-state index in [0.29, 0.717) is 0 Å². The Balaban J connectivity index is 0.00000529. The summed E-state index contributed by atoms with van der Waals surface area (Å²) in [4.78, 5) is 7.41. The van der Waals surface area contributed by atoms with Gasteiger partial charge >= 0.3 is 0 Å². The van der Waals surface area contributed by atoms with Gasteiger partial charge in [-0.25, -0.2) is 0 Å². The number of nitrogens with one attached hydrogen (secondary N) is 2. The fourth-order valence-electron chi connectivity index (χ4n) is 2.97. The van der Waals surface area contributed by atoms with Crippen molar-refractivity contribution < 1.29 is 4.74 Å². The monoisotopic (exact) mass is 454 g/mol. The highest BCUT2D eigenvalue weighted by Gasteiger charge is 2.27. The topological polar surface area (TPSA) is 48.9 Å². The van der Waals surface area contributed by atoms with E-state index in [-0.39, 0.29) is 29.5 Å². The summed E-state index contributed by atoms with van der Waals surface area (Å²) in [6.07, 6.45) is 7.51. The third-order valence-corrected chi connectivity index (χ3v) is 4.50. The molecule has 1 saturated heterocycles. The summed E-state index contributed by atoms with van der Waals surface area (Å²) in [7, 11) is 1.76. The largest absolute Gasteiger partial charge is 0.385 e. The van der Waals surface area contributed by atoms with Crippen LogP contribution in [0.1, 0.15) is 59.3 Å². The molecule has 1 aliphatic heterocycles. The number of unbranched alkanes of at least 4 members (excludes halogenated alkanes) is 2. The Morgan fingerprint density at radius 1 is 1.08 bits per heavy atom. The van der Waals surface area contributed by atoms with Gasteiger partial charge in [0, 0.05) is 32.3 Å². The Hall–Kier alpha value is -0.0800. The summed E-state index contributed by atoms with van der Waals surface area (Å²) in [5.74, 6) is 0.948. The minimum atomic E-state index is 0. The summed E-state index contributed by atoms with van der Waals surface area (Å²) in [5, 5.41) is 6.81. The smallest absolute Gasteiger partial charge is 0.191 e. The lowest BCUT2D eigenvalue weighted by Gasteiger charge is -2.40. The van der Waals surface area contributed by atoms with E-state index in [1.165, 1.54) is 38.8 Å². The second-order valence-corrected chi connectivity index (χ2v) is 7.04. The van der Waals surface area contributed by atoms with E-state index in [2.05, 4.69) is 36.3 Å². The first-order valence-corrected chi connectivity index (χ1v) is 9.36. The van der Waals surface area contributed by atoms with Crippen molar-refractivity contribution in [2.45, 2.75) is 64.8 Å². The Kier molecular flexibility index (Phi) is 14.1. The van der Waals surface area contributed by atoms with Crippen molar-refractivity contribution in [2.75, 3.05) is 46.4 Å². The third kappa shape index (κ3) is 10.0. The molecule has 1 fully saturated rings. The Labute approximate surface area is 166 Å². The molecule has 0 radical (unpaired) electrons. The van der Waals surface area contributed by atoms with Crippen LogP contribution < -0.4 is 10.6 Å². The van der Waals surface area contributed by atoms with Crippen LogP contribution in [0.4, 0.5) is 0 Å². The van der Waals surface area contributed by atoms with Gasteiger partial charge in [-0.3, -0.25) is 9.89 Å². The number of halogens is 1. The average Bonchev–Trinajstić information content (AvgIpc) is 2.56. The maximum Gasteiger partial charge on any atom is 0.191 e. The van der Waals surface area contributed by atoms with Crippen molar-refractivity contribution in [1.82, 2.24) is 15.5 Å². The zero-order chi connectivity index (χ0) is 17.0. The summed E-state index contributed by atoms with van der Waals surface area (Å²) < 4.78 is 5.08. The number of rotatable bonds is 10. The van der Waals surface area contributed by atoms with Crippen LogP contribution >= 0.6 is 24.0 Å². The van der Waals surface area contributed by atoms with Crippen LogP contribution in [-0.2, 0) is 4.74 Å². The average molecular weight is 454 g/mol. The SMILES string of the molecule is CCNC(=NCC(C)(C)N1CCCCC1)NCCCCCOC.I. The van der Waals surface area contributed by atoms with E-state index in [4.69, 9.17) is 9.73 Å². The second kappa shape index (κ2) is 14.1. The number of nitrogens with zero attached hydrogens (tertiary/aromatic N) is 2. The van der Waals surface area contributed by atoms with Gasteiger partial charge in [-0.1, -0.05) is 6.42 Å². The van der Waals surface area contributed by atoms with Gasteiger partial charge < -0.3 is 15.4 Å². The summed E-state index contributed by atoms with van der Waals surface area (Å²) >= 11 is 0. The van der Waals surface area contributed by atoms with Crippen LogP contribution in [-0.4, -0.2) is 62.8 Å². The van der Waals surface area contributed by atoms with Gasteiger partial charge in [0.2, 0.25) is 0 Å². The van der Waals surface area contributed by atoms with Gasteiger partial charge in [-0.15, -0.1) is 24.0 Å². The van der Waals surface area contributed by atoms with E-state index < -0.39 is 0 Å². The lowest BCUT2D eigenvalue weighted by molar-refractivity contribution is 0.102. The van der Waals surface area contributed by atoms with Gasteiger partial charge in [0.25, 0.3) is 0 Å². The molecule has 144 valence electrons. The van der Waals surface area contributed by atoms with E-state index in [0.717, 1.165) is 45.0 Å². The lowest BCUT2D eigenvalue weighted by atomic mass is 9.99. The van der Waals surface area contributed by atoms with Gasteiger partial charge in [0.15, 0.2) is 5.96 Å². The molecule has 1 aliphatic rings. The summed E-state index contributed by atoms with van der Waals surface area (Å²) in [5.41, 5.74) is 0.140. The molecular formula is C18H39IN4O. The zero-order valence-corrected chi connectivity index (χ0v) is 18.5. The molecule has 0 atom stereocenters. The molecule has 1 rings (SSSR count). The Morgan fingerprint density at radius 3 is 2.42 bits per heavy atom. The highest BCUT2D eigenvalue weighted by molar-refractivity contribution is 14.0. The first-order chi connectivity index (χ1) is 11.1. The molecule has 0 spiro atoms. The number of aliphatic imine (C=N–C) groups is 1. The normalized spacial score (nSPS) is 16.6. The van der Waals surface area contributed by atoms with Crippen molar-refractivity contribution in [1.29, 1.82) is 0 Å². The molecule has 0 amide bonds. The van der Waals surface area contributed by atoms with Crippen LogP contribution in [0.2, 0.25) is 0 Å². The number of guanidine groups is 1. The fourth-order valence-corrected chi connectivity index (χ4v) is 2.97. The minimum Gasteiger partial charge on any atom is -0.385 e. The van der Waals surface area contributed by atoms with Crippen molar-refractivity contribution in [3.63, 3.8) is 0 Å². The molecule has 0 bridgehead atoms. The predicted molar refractivity (Wildman–Crippen MR) is 115 cm³/mol. The third-order valence-electron chi connectivity index (χ3n) is 4.50. The molecule has 0 aliphatic carbocycles. The highest BCUT2D eigenvalue weighted by Crippen LogP contribution is 2.20. The number of ether oxygens (including phenoxy) is 1. The van der Waals surface area contributed by atoms with Crippen LogP contribution in [0.5, 0.6) is 0 Å². The maximum atomic E-state index is 5.08. The molecule has 0 aromatic carbocycles. The first kappa shape index (κ1) is 23.9. The Morgan fingerprint density at radius 2 is 1.79 bits per heavy atom. The molecule has 6 heteroatoms. The molecule has 0 unspecified atom stereocenters. The fraction of sp³-hybridized carbons (Fsp3) is 0.944. The Bertz CT molecular complexity index is 331. The molecular weight excluding hydrogens is 415 g/mol. The number of likely N-dealkylation sites (tertiary alicyclic amines) is 1. The standard InChI is InChI=1S/C18H38N4O.HI/c1-5-19-17(20-12-8-6-11-15-23-4)21-16-18(2,3)22-13-9-7-10-14-22;/h5-16H2,1-4H3,(H2,19,20,21);1H. The van der Waals surface area contributed by atoms with E-state index >= 15 is 0 Å². The highest BCUT2D eigenvalue weighted by atomic mass is 127. The second-order valence-electron chi connectivity index (χ2n) is 7.04. The van der Waals surface area contributed by atoms with Crippen molar-refractivity contribution in [2.24, 2.45) is 4.99 Å². The van der Waals surface area contributed by atoms with E-state index in [1.54, 1.807) is 7.11 Å². The van der Waals surface area contributed by atoms with E-state index in [9.17, 15) is 0 Å². The van der Waals surface area contributed by atoms with Gasteiger partial charge in [0.05, 0.1) is 6.54 Å². The van der Waals surface area contributed by atoms with E-state index in [1.807, 2.05) is 0 Å². The lowest BCUT2D eigenvalue weighted by Crippen LogP contribution is -2.49. The molecule has 0 aromatic rings. The minimum absolute atomic E-state index is 0. The quantitative estimate of drug-likeness (QED) is 0.230.